The molecule has 2 rings (SSSR count). The topological polar surface area (TPSA) is 17.1 Å². The van der Waals surface area contributed by atoms with Gasteiger partial charge in [-0.25, -0.2) is 4.39 Å². The largest absolute Gasteiger partial charge is 0.298 e. The second kappa shape index (κ2) is 4.73. The molecule has 0 saturated heterocycles. The zero-order valence-electron chi connectivity index (χ0n) is 10.8. The van der Waals surface area contributed by atoms with Gasteiger partial charge in [-0.05, 0) is 66.8 Å². The fourth-order valence-electron chi connectivity index (χ4n) is 2.09. The van der Waals surface area contributed by atoms with Crippen molar-refractivity contribution in [2.75, 3.05) is 0 Å². The molecular formula is C16H15FO. The summed E-state index contributed by atoms with van der Waals surface area (Å²) in [5.41, 5.74) is 5.31. The van der Waals surface area contributed by atoms with Gasteiger partial charge in [0.2, 0.25) is 0 Å². The van der Waals surface area contributed by atoms with Crippen LogP contribution in [0.1, 0.15) is 27.0 Å². The van der Waals surface area contributed by atoms with E-state index in [0.29, 0.717) is 11.1 Å². The van der Waals surface area contributed by atoms with Gasteiger partial charge in [-0.15, -0.1) is 0 Å². The number of hydrogen-bond donors (Lipinski definition) is 0. The lowest BCUT2D eigenvalue weighted by molar-refractivity contribution is 0.112. The van der Waals surface area contributed by atoms with Crippen LogP contribution in [-0.4, -0.2) is 6.29 Å². The van der Waals surface area contributed by atoms with Crippen LogP contribution in [0.5, 0.6) is 0 Å². The van der Waals surface area contributed by atoms with E-state index in [-0.39, 0.29) is 5.82 Å². The number of rotatable bonds is 2. The minimum absolute atomic E-state index is 0.197. The van der Waals surface area contributed by atoms with Crippen molar-refractivity contribution < 1.29 is 9.18 Å². The second-order valence-corrected chi connectivity index (χ2v) is 4.61. The summed E-state index contributed by atoms with van der Waals surface area (Å²) in [6.45, 7) is 5.62. The molecule has 0 fully saturated rings. The Balaban J connectivity index is 2.60. The van der Waals surface area contributed by atoms with Gasteiger partial charge >= 0.3 is 0 Å². The highest BCUT2D eigenvalue weighted by atomic mass is 19.1. The Morgan fingerprint density at radius 2 is 1.67 bits per heavy atom. The standard InChI is InChI=1S/C16H15FO/c1-10-8-15(11(2)6-14(10)9-18)13-4-5-16(17)12(3)7-13/h4-9H,1-3H3. The van der Waals surface area contributed by atoms with Crippen molar-refractivity contribution in [1.29, 1.82) is 0 Å². The van der Waals surface area contributed by atoms with Crippen molar-refractivity contribution >= 4 is 6.29 Å². The molecule has 92 valence electrons. The molecule has 2 aromatic carbocycles. The molecule has 0 aliphatic rings. The SMILES string of the molecule is Cc1cc(-c2cc(C)c(C=O)cc2C)ccc1F. The first-order chi connectivity index (χ1) is 8.52. The van der Waals surface area contributed by atoms with Gasteiger partial charge < -0.3 is 0 Å². The first-order valence-corrected chi connectivity index (χ1v) is 5.86. The Bertz CT molecular complexity index is 615. The summed E-state index contributed by atoms with van der Waals surface area (Å²) in [5, 5.41) is 0. The number of carbonyl (C=O) groups is 1. The molecule has 0 aromatic heterocycles. The molecule has 0 aliphatic heterocycles. The van der Waals surface area contributed by atoms with E-state index >= 15 is 0 Å². The third-order valence-electron chi connectivity index (χ3n) is 3.21. The number of aldehydes is 1. The third-order valence-corrected chi connectivity index (χ3v) is 3.21. The van der Waals surface area contributed by atoms with Gasteiger partial charge in [0.25, 0.3) is 0 Å². The number of benzene rings is 2. The lowest BCUT2D eigenvalue weighted by Gasteiger charge is -2.10. The summed E-state index contributed by atoms with van der Waals surface area (Å²) in [7, 11) is 0. The van der Waals surface area contributed by atoms with E-state index in [2.05, 4.69) is 0 Å². The molecule has 0 N–H and O–H groups in total. The fraction of sp³-hybridized carbons (Fsp3) is 0.188. The summed E-state index contributed by atoms with van der Waals surface area (Å²) in [4.78, 5) is 10.9. The molecule has 2 aromatic rings. The predicted molar refractivity (Wildman–Crippen MR) is 71.4 cm³/mol. The van der Waals surface area contributed by atoms with Crippen LogP contribution in [0.2, 0.25) is 0 Å². The highest BCUT2D eigenvalue weighted by Gasteiger charge is 2.07. The van der Waals surface area contributed by atoms with Gasteiger partial charge in [0.15, 0.2) is 0 Å². The molecule has 0 amide bonds. The molecule has 0 spiro atoms. The summed E-state index contributed by atoms with van der Waals surface area (Å²) in [5.74, 6) is -0.197. The second-order valence-electron chi connectivity index (χ2n) is 4.61. The summed E-state index contributed by atoms with van der Waals surface area (Å²) in [6, 6.07) is 8.93. The number of carbonyl (C=O) groups excluding carboxylic acids is 1. The average molecular weight is 242 g/mol. The Hall–Kier alpha value is -1.96. The van der Waals surface area contributed by atoms with Crippen LogP contribution in [0.3, 0.4) is 0 Å². The number of aryl methyl sites for hydroxylation is 3. The van der Waals surface area contributed by atoms with E-state index < -0.39 is 0 Å². The van der Waals surface area contributed by atoms with Gasteiger partial charge in [0.05, 0.1) is 0 Å². The highest BCUT2D eigenvalue weighted by molar-refractivity contribution is 5.81. The first kappa shape index (κ1) is 12.5. The summed E-state index contributed by atoms with van der Waals surface area (Å²) >= 11 is 0. The Labute approximate surface area is 106 Å². The lowest BCUT2D eigenvalue weighted by atomic mass is 9.94. The Kier molecular flexibility index (Phi) is 3.28. The molecule has 0 aliphatic carbocycles. The lowest BCUT2D eigenvalue weighted by Crippen LogP contribution is -1.92. The zero-order valence-corrected chi connectivity index (χ0v) is 10.8. The van der Waals surface area contributed by atoms with E-state index in [1.165, 1.54) is 6.07 Å². The quantitative estimate of drug-likeness (QED) is 0.720. The van der Waals surface area contributed by atoms with Crippen molar-refractivity contribution in [3.05, 3.63) is 58.4 Å². The molecular weight excluding hydrogens is 227 g/mol. The zero-order chi connectivity index (χ0) is 13.3. The Morgan fingerprint density at radius 3 is 2.28 bits per heavy atom. The van der Waals surface area contributed by atoms with E-state index in [0.717, 1.165) is 28.5 Å². The summed E-state index contributed by atoms with van der Waals surface area (Å²) in [6.07, 6.45) is 0.863. The van der Waals surface area contributed by atoms with E-state index in [1.807, 2.05) is 32.0 Å². The molecule has 0 radical (unpaired) electrons. The van der Waals surface area contributed by atoms with Crippen molar-refractivity contribution in [1.82, 2.24) is 0 Å². The van der Waals surface area contributed by atoms with Crippen molar-refractivity contribution in [3.8, 4) is 11.1 Å². The Morgan fingerprint density at radius 1 is 0.944 bits per heavy atom. The van der Waals surface area contributed by atoms with Crippen LogP contribution < -0.4 is 0 Å². The number of hydrogen-bond acceptors (Lipinski definition) is 1. The van der Waals surface area contributed by atoms with E-state index in [4.69, 9.17) is 0 Å². The summed E-state index contributed by atoms with van der Waals surface area (Å²) < 4.78 is 13.3. The van der Waals surface area contributed by atoms with Crippen molar-refractivity contribution in [3.63, 3.8) is 0 Å². The minimum Gasteiger partial charge on any atom is -0.298 e. The van der Waals surface area contributed by atoms with Crippen molar-refractivity contribution in [2.24, 2.45) is 0 Å². The first-order valence-electron chi connectivity index (χ1n) is 5.86. The van der Waals surface area contributed by atoms with E-state index in [1.54, 1.807) is 13.0 Å². The van der Waals surface area contributed by atoms with Crippen molar-refractivity contribution in [2.45, 2.75) is 20.8 Å². The van der Waals surface area contributed by atoms with E-state index in [9.17, 15) is 9.18 Å². The van der Waals surface area contributed by atoms with Gasteiger partial charge in [-0.2, -0.15) is 0 Å². The third kappa shape index (κ3) is 2.19. The molecule has 2 heteroatoms. The molecule has 0 unspecified atom stereocenters. The van der Waals surface area contributed by atoms with Crippen LogP contribution in [-0.2, 0) is 0 Å². The van der Waals surface area contributed by atoms with Gasteiger partial charge in [0, 0.05) is 5.56 Å². The van der Waals surface area contributed by atoms with Crippen LogP contribution in [0.4, 0.5) is 4.39 Å². The maximum absolute atomic E-state index is 13.3. The normalized spacial score (nSPS) is 10.4. The van der Waals surface area contributed by atoms with Crippen LogP contribution in [0, 0.1) is 26.6 Å². The van der Waals surface area contributed by atoms with Gasteiger partial charge in [0.1, 0.15) is 12.1 Å². The maximum atomic E-state index is 13.3. The van der Waals surface area contributed by atoms with Crippen LogP contribution in [0.25, 0.3) is 11.1 Å². The fourth-order valence-corrected chi connectivity index (χ4v) is 2.09. The smallest absolute Gasteiger partial charge is 0.150 e. The van der Waals surface area contributed by atoms with Gasteiger partial charge in [-0.3, -0.25) is 4.79 Å². The predicted octanol–water partition coefficient (Wildman–Crippen LogP) is 4.23. The molecule has 1 nitrogen and oxygen atoms in total. The monoisotopic (exact) mass is 242 g/mol. The molecule has 0 atom stereocenters. The molecule has 0 bridgehead atoms. The van der Waals surface area contributed by atoms with Crippen LogP contribution in [0.15, 0.2) is 30.3 Å². The molecule has 0 heterocycles. The van der Waals surface area contributed by atoms with Gasteiger partial charge in [-0.1, -0.05) is 12.1 Å². The molecule has 0 saturated carbocycles. The highest BCUT2D eigenvalue weighted by Crippen LogP contribution is 2.27. The maximum Gasteiger partial charge on any atom is 0.150 e. The van der Waals surface area contributed by atoms with Crippen LogP contribution >= 0.6 is 0 Å². The molecule has 18 heavy (non-hydrogen) atoms. The minimum atomic E-state index is -0.197. The number of halogens is 1. The average Bonchev–Trinajstić information content (AvgIpc) is 2.35.